The monoisotopic (exact) mass is 230 g/mol. The Balaban J connectivity index is 4.69. The molecule has 0 rings (SSSR count). The third-order valence-corrected chi connectivity index (χ3v) is 2.46. The van der Waals surface area contributed by atoms with Crippen LogP contribution in [0.2, 0.25) is 0 Å². The highest BCUT2D eigenvalue weighted by molar-refractivity contribution is 5.83. The number of carbonyl (C=O) groups is 2. The molecule has 0 saturated carbocycles. The lowest BCUT2D eigenvalue weighted by Crippen LogP contribution is -2.44. The summed E-state index contributed by atoms with van der Waals surface area (Å²) in [5, 5.41) is 0. The zero-order chi connectivity index (χ0) is 13.0. The maximum absolute atomic E-state index is 11.7. The highest BCUT2D eigenvalue weighted by atomic mass is 16.5. The van der Waals surface area contributed by atoms with E-state index in [9.17, 15) is 9.59 Å². The van der Waals surface area contributed by atoms with Crippen LogP contribution >= 0.6 is 0 Å². The summed E-state index contributed by atoms with van der Waals surface area (Å²) in [5.41, 5.74) is 0.702. The molecular weight excluding hydrogens is 208 g/mol. The molecule has 0 aromatic heterocycles. The predicted molar refractivity (Wildman–Crippen MR) is 61.1 cm³/mol. The lowest BCUT2D eigenvalue weighted by molar-refractivity contribution is -0.156. The summed E-state index contributed by atoms with van der Waals surface area (Å²) in [4.78, 5) is 23.2. The number of hydrogen-bond donors (Lipinski definition) is 2. The SMILES string of the molecule is CCOC(=O)C(C)(C)CC(C)(C)C(=O)NN. The van der Waals surface area contributed by atoms with Crippen LogP contribution in [0.15, 0.2) is 0 Å². The van der Waals surface area contributed by atoms with Gasteiger partial charge in [0.2, 0.25) is 5.91 Å². The minimum absolute atomic E-state index is 0.287. The number of hydrogen-bond acceptors (Lipinski definition) is 4. The maximum Gasteiger partial charge on any atom is 0.311 e. The molecule has 0 unspecified atom stereocenters. The number of rotatable bonds is 5. The van der Waals surface area contributed by atoms with Gasteiger partial charge in [0.25, 0.3) is 0 Å². The normalized spacial score (nSPS) is 12.1. The van der Waals surface area contributed by atoms with Gasteiger partial charge in [0.05, 0.1) is 12.0 Å². The van der Waals surface area contributed by atoms with Crippen molar-refractivity contribution in [1.29, 1.82) is 0 Å². The molecule has 0 aliphatic carbocycles. The Morgan fingerprint density at radius 2 is 1.69 bits per heavy atom. The second-order valence-electron chi connectivity index (χ2n) is 5.14. The van der Waals surface area contributed by atoms with E-state index in [2.05, 4.69) is 5.43 Å². The van der Waals surface area contributed by atoms with Crippen molar-refractivity contribution in [1.82, 2.24) is 5.43 Å². The molecular formula is C11H22N2O3. The van der Waals surface area contributed by atoms with Gasteiger partial charge in [-0.15, -0.1) is 0 Å². The fourth-order valence-corrected chi connectivity index (χ4v) is 1.78. The van der Waals surface area contributed by atoms with Crippen LogP contribution in [0.25, 0.3) is 0 Å². The first-order valence-corrected chi connectivity index (χ1v) is 5.35. The Morgan fingerprint density at radius 3 is 2.06 bits per heavy atom. The molecule has 0 aromatic carbocycles. The van der Waals surface area contributed by atoms with Crippen LogP contribution < -0.4 is 11.3 Å². The summed E-state index contributed by atoms with van der Waals surface area (Å²) in [6.45, 7) is 9.11. The Morgan fingerprint density at radius 1 is 1.19 bits per heavy atom. The van der Waals surface area contributed by atoms with Gasteiger partial charge in [0.1, 0.15) is 0 Å². The zero-order valence-electron chi connectivity index (χ0n) is 10.7. The minimum Gasteiger partial charge on any atom is -0.466 e. The Hall–Kier alpha value is -1.10. The number of nitrogens with one attached hydrogen (secondary N) is 1. The Kier molecular flexibility index (Phi) is 4.93. The molecule has 0 fully saturated rings. The van der Waals surface area contributed by atoms with Crippen LogP contribution in [0.1, 0.15) is 41.0 Å². The minimum atomic E-state index is -0.703. The van der Waals surface area contributed by atoms with E-state index in [0.29, 0.717) is 13.0 Å². The topological polar surface area (TPSA) is 81.4 Å². The third kappa shape index (κ3) is 3.81. The van der Waals surface area contributed by atoms with E-state index in [0.717, 1.165) is 0 Å². The summed E-state index contributed by atoms with van der Waals surface area (Å²) in [7, 11) is 0. The number of amides is 1. The van der Waals surface area contributed by atoms with E-state index in [4.69, 9.17) is 10.6 Å². The molecule has 16 heavy (non-hydrogen) atoms. The number of nitrogens with two attached hydrogens (primary N) is 1. The van der Waals surface area contributed by atoms with E-state index >= 15 is 0 Å². The lowest BCUT2D eigenvalue weighted by Gasteiger charge is -2.31. The van der Waals surface area contributed by atoms with Crippen LogP contribution in [-0.4, -0.2) is 18.5 Å². The molecule has 5 heteroatoms. The quantitative estimate of drug-likeness (QED) is 0.319. The molecule has 0 heterocycles. The number of ether oxygens (including phenoxy) is 1. The molecule has 0 aliphatic rings. The molecule has 3 N–H and O–H groups in total. The van der Waals surface area contributed by atoms with Crippen LogP contribution in [0.5, 0.6) is 0 Å². The van der Waals surface area contributed by atoms with E-state index < -0.39 is 10.8 Å². The molecule has 0 radical (unpaired) electrons. The van der Waals surface area contributed by atoms with Gasteiger partial charge in [-0.2, -0.15) is 0 Å². The first-order chi connectivity index (χ1) is 7.17. The van der Waals surface area contributed by atoms with E-state index in [-0.39, 0.29) is 11.9 Å². The van der Waals surface area contributed by atoms with Crippen LogP contribution in [0.3, 0.4) is 0 Å². The van der Waals surface area contributed by atoms with Crippen molar-refractivity contribution in [3.8, 4) is 0 Å². The fraction of sp³-hybridized carbons (Fsp3) is 0.818. The van der Waals surface area contributed by atoms with Crippen molar-refractivity contribution in [3.05, 3.63) is 0 Å². The average molecular weight is 230 g/mol. The van der Waals surface area contributed by atoms with Crippen molar-refractivity contribution < 1.29 is 14.3 Å². The molecule has 5 nitrogen and oxygen atoms in total. The molecule has 1 amide bonds. The predicted octanol–water partition coefficient (Wildman–Crippen LogP) is 0.982. The summed E-state index contributed by atoms with van der Waals surface area (Å²) in [5.74, 6) is 4.51. The van der Waals surface area contributed by atoms with Crippen molar-refractivity contribution in [2.45, 2.75) is 41.0 Å². The summed E-state index contributed by atoms with van der Waals surface area (Å²) in [6.07, 6.45) is 0.377. The van der Waals surface area contributed by atoms with Crippen molar-refractivity contribution >= 4 is 11.9 Å². The molecule has 94 valence electrons. The van der Waals surface area contributed by atoms with Gasteiger partial charge in [0, 0.05) is 5.41 Å². The van der Waals surface area contributed by atoms with Gasteiger partial charge in [-0.05, 0) is 27.2 Å². The number of hydrazine groups is 1. The largest absolute Gasteiger partial charge is 0.466 e. The van der Waals surface area contributed by atoms with Crippen molar-refractivity contribution in [3.63, 3.8) is 0 Å². The highest BCUT2D eigenvalue weighted by Crippen LogP contribution is 2.34. The first-order valence-electron chi connectivity index (χ1n) is 5.35. The van der Waals surface area contributed by atoms with Gasteiger partial charge in [-0.1, -0.05) is 13.8 Å². The smallest absolute Gasteiger partial charge is 0.311 e. The van der Waals surface area contributed by atoms with Gasteiger partial charge in [-0.3, -0.25) is 15.0 Å². The zero-order valence-corrected chi connectivity index (χ0v) is 10.7. The van der Waals surface area contributed by atoms with E-state index in [1.165, 1.54) is 0 Å². The highest BCUT2D eigenvalue weighted by Gasteiger charge is 2.39. The molecule has 0 spiro atoms. The average Bonchev–Trinajstić information content (AvgIpc) is 2.15. The van der Waals surface area contributed by atoms with Gasteiger partial charge >= 0.3 is 5.97 Å². The lowest BCUT2D eigenvalue weighted by atomic mass is 9.74. The van der Waals surface area contributed by atoms with E-state index in [1.54, 1.807) is 34.6 Å². The Labute approximate surface area is 96.7 Å². The molecule has 0 saturated heterocycles. The second-order valence-corrected chi connectivity index (χ2v) is 5.14. The molecule has 0 aromatic rings. The Bertz CT molecular complexity index is 272. The summed E-state index contributed by atoms with van der Waals surface area (Å²) in [6, 6.07) is 0. The fourth-order valence-electron chi connectivity index (χ4n) is 1.78. The standard InChI is InChI=1S/C11H22N2O3/c1-6-16-9(15)11(4,5)7-10(2,3)8(14)13-12/h6-7,12H2,1-5H3,(H,13,14). The third-order valence-electron chi connectivity index (χ3n) is 2.46. The van der Waals surface area contributed by atoms with Crippen LogP contribution in [-0.2, 0) is 14.3 Å². The summed E-state index contributed by atoms with van der Waals surface area (Å²) >= 11 is 0. The molecule has 0 bridgehead atoms. The van der Waals surface area contributed by atoms with Crippen molar-refractivity contribution in [2.24, 2.45) is 16.7 Å². The summed E-state index contributed by atoms with van der Waals surface area (Å²) < 4.78 is 4.96. The van der Waals surface area contributed by atoms with Crippen LogP contribution in [0.4, 0.5) is 0 Å². The number of esters is 1. The van der Waals surface area contributed by atoms with Gasteiger partial charge < -0.3 is 4.74 Å². The van der Waals surface area contributed by atoms with Crippen molar-refractivity contribution in [2.75, 3.05) is 6.61 Å². The van der Waals surface area contributed by atoms with Gasteiger partial charge in [0.15, 0.2) is 0 Å². The van der Waals surface area contributed by atoms with E-state index in [1.807, 2.05) is 0 Å². The molecule has 0 aliphatic heterocycles. The first kappa shape index (κ1) is 14.9. The number of carbonyl (C=O) groups excluding carboxylic acids is 2. The molecule has 0 atom stereocenters. The van der Waals surface area contributed by atoms with Gasteiger partial charge in [-0.25, -0.2) is 5.84 Å². The van der Waals surface area contributed by atoms with Crippen LogP contribution in [0, 0.1) is 10.8 Å². The second kappa shape index (κ2) is 5.30. The maximum atomic E-state index is 11.7.